The molecule has 0 bridgehead atoms. The first-order valence-corrected chi connectivity index (χ1v) is 7.92. The van der Waals surface area contributed by atoms with Gasteiger partial charge in [0, 0.05) is 25.2 Å². The van der Waals surface area contributed by atoms with Gasteiger partial charge in [0.2, 0.25) is 0 Å². The predicted octanol–water partition coefficient (Wildman–Crippen LogP) is 3.41. The van der Waals surface area contributed by atoms with E-state index < -0.39 is 5.60 Å². The zero-order valence-corrected chi connectivity index (χ0v) is 14.0. The average Bonchev–Trinajstić information content (AvgIpc) is 3.04. The predicted molar refractivity (Wildman–Crippen MR) is 82.9 cm³/mol. The Morgan fingerprint density at radius 3 is 2.35 bits per heavy atom. The number of hydrogen-bond donors (Lipinski definition) is 1. The highest BCUT2D eigenvalue weighted by Crippen LogP contribution is 2.33. The third kappa shape index (κ3) is 7.13. The van der Waals surface area contributed by atoms with Crippen LogP contribution in [0.4, 0.5) is 4.79 Å². The first-order valence-electron chi connectivity index (χ1n) is 7.92. The summed E-state index contributed by atoms with van der Waals surface area (Å²) in [4.78, 5) is 13.9. The van der Waals surface area contributed by atoms with Crippen LogP contribution in [-0.2, 0) is 4.74 Å². The van der Waals surface area contributed by atoms with Crippen LogP contribution in [0.25, 0.3) is 0 Å². The van der Waals surface area contributed by atoms with Crippen LogP contribution in [0.3, 0.4) is 0 Å². The molecule has 1 unspecified atom stereocenters. The first kappa shape index (κ1) is 17.3. The van der Waals surface area contributed by atoms with E-state index in [4.69, 9.17) is 4.74 Å². The van der Waals surface area contributed by atoms with Gasteiger partial charge in [-0.1, -0.05) is 12.8 Å². The summed E-state index contributed by atoms with van der Waals surface area (Å²) in [6.45, 7) is 13.5. The third-order valence-corrected chi connectivity index (χ3v) is 3.48. The summed E-state index contributed by atoms with van der Waals surface area (Å²) in [5.74, 6) is 0.935. The van der Waals surface area contributed by atoms with E-state index in [-0.39, 0.29) is 12.1 Å². The molecule has 118 valence electrons. The fourth-order valence-corrected chi connectivity index (χ4v) is 2.25. The average molecular weight is 284 g/mol. The number of amides is 1. The van der Waals surface area contributed by atoms with E-state index in [0.717, 1.165) is 12.5 Å². The molecule has 20 heavy (non-hydrogen) atoms. The van der Waals surface area contributed by atoms with Gasteiger partial charge in [0.1, 0.15) is 5.60 Å². The van der Waals surface area contributed by atoms with Crippen molar-refractivity contribution < 1.29 is 9.53 Å². The highest BCUT2D eigenvalue weighted by Gasteiger charge is 2.25. The maximum atomic E-state index is 12.1. The Kier molecular flexibility index (Phi) is 6.31. The van der Waals surface area contributed by atoms with Gasteiger partial charge >= 0.3 is 6.09 Å². The molecule has 0 saturated heterocycles. The SMILES string of the molecule is CC(CC1CC1)NCCN(C(=O)OC(C)(C)C)C(C)C. The minimum absolute atomic E-state index is 0.158. The number of ether oxygens (including phenoxy) is 1. The molecule has 0 heterocycles. The van der Waals surface area contributed by atoms with Crippen molar-refractivity contribution in [1.82, 2.24) is 10.2 Å². The second kappa shape index (κ2) is 7.30. The Labute approximate surface area is 124 Å². The van der Waals surface area contributed by atoms with Crippen LogP contribution in [0.2, 0.25) is 0 Å². The van der Waals surface area contributed by atoms with Crippen LogP contribution < -0.4 is 5.32 Å². The van der Waals surface area contributed by atoms with Crippen LogP contribution in [0.15, 0.2) is 0 Å². The third-order valence-electron chi connectivity index (χ3n) is 3.48. The molecule has 0 aliphatic heterocycles. The molecule has 4 heteroatoms. The summed E-state index contributed by atoms with van der Waals surface area (Å²) < 4.78 is 5.45. The molecule has 0 aromatic carbocycles. The molecule has 1 saturated carbocycles. The number of rotatable bonds is 7. The molecule has 1 fully saturated rings. The van der Waals surface area contributed by atoms with Gasteiger partial charge in [-0.15, -0.1) is 0 Å². The van der Waals surface area contributed by atoms with Gasteiger partial charge in [0.05, 0.1) is 0 Å². The summed E-state index contributed by atoms with van der Waals surface area (Å²) in [6, 6.07) is 0.695. The molecular formula is C16H32N2O2. The Bertz CT molecular complexity index is 306. The fraction of sp³-hybridized carbons (Fsp3) is 0.938. The minimum atomic E-state index is -0.434. The zero-order valence-electron chi connectivity index (χ0n) is 14.0. The van der Waals surface area contributed by atoms with E-state index in [9.17, 15) is 4.79 Å². The molecule has 1 rings (SSSR count). The van der Waals surface area contributed by atoms with Gasteiger partial charge in [0.25, 0.3) is 0 Å². The van der Waals surface area contributed by atoms with E-state index in [0.29, 0.717) is 12.6 Å². The summed E-state index contributed by atoms with van der Waals surface area (Å²) >= 11 is 0. The molecule has 0 radical (unpaired) electrons. The highest BCUT2D eigenvalue weighted by molar-refractivity contribution is 5.68. The number of carbonyl (C=O) groups excluding carboxylic acids is 1. The maximum absolute atomic E-state index is 12.1. The van der Waals surface area contributed by atoms with Crippen molar-refractivity contribution in [2.24, 2.45) is 5.92 Å². The van der Waals surface area contributed by atoms with Gasteiger partial charge in [0.15, 0.2) is 0 Å². The molecule has 1 aliphatic carbocycles. The van der Waals surface area contributed by atoms with Gasteiger partial charge in [-0.2, -0.15) is 0 Å². The Morgan fingerprint density at radius 2 is 1.90 bits per heavy atom. The normalized spacial score (nSPS) is 17.1. The minimum Gasteiger partial charge on any atom is -0.444 e. The maximum Gasteiger partial charge on any atom is 0.410 e. The Balaban J connectivity index is 2.32. The van der Waals surface area contributed by atoms with Gasteiger partial charge in [-0.25, -0.2) is 4.79 Å². The molecule has 1 atom stereocenters. The van der Waals surface area contributed by atoms with E-state index in [1.54, 1.807) is 4.90 Å². The van der Waals surface area contributed by atoms with Gasteiger partial charge in [-0.3, -0.25) is 0 Å². The van der Waals surface area contributed by atoms with Crippen molar-refractivity contribution in [3.8, 4) is 0 Å². The molecule has 1 N–H and O–H groups in total. The molecule has 0 aromatic rings. The van der Waals surface area contributed by atoms with Crippen molar-refractivity contribution in [1.29, 1.82) is 0 Å². The summed E-state index contributed by atoms with van der Waals surface area (Å²) in [5.41, 5.74) is -0.434. The van der Waals surface area contributed by atoms with Crippen molar-refractivity contribution in [2.75, 3.05) is 13.1 Å². The second-order valence-corrected chi connectivity index (χ2v) is 7.30. The lowest BCUT2D eigenvalue weighted by Gasteiger charge is -2.30. The number of hydrogen-bond acceptors (Lipinski definition) is 3. The summed E-state index contributed by atoms with van der Waals surface area (Å²) in [6.07, 6.45) is 3.82. The zero-order chi connectivity index (χ0) is 15.3. The number of nitrogens with one attached hydrogen (secondary N) is 1. The summed E-state index contributed by atoms with van der Waals surface area (Å²) in [7, 11) is 0. The Hall–Kier alpha value is -0.770. The molecule has 1 aliphatic rings. The van der Waals surface area contributed by atoms with Crippen LogP contribution in [0.5, 0.6) is 0 Å². The standard InChI is InChI=1S/C16H32N2O2/c1-12(2)18(15(19)20-16(4,5)6)10-9-17-13(3)11-14-7-8-14/h12-14,17H,7-11H2,1-6H3. The molecular weight excluding hydrogens is 252 g/mol. The van der Waals surface area contributed by atoms with E-state index in [1.165, 1.54) is 19.3 Å². The molecule has 0 spiro atoms. The van der Waals surface area contributed by atoms with E-state index in [2.05, 4.69) is 12.2 Å². The van der Waals surface area contributed by atoms with E-state index in [1.807, 2.05) is 34.6 Å². The lowest BCUT2D eigenvalue weighted by Crippen LogP contribution is -2.45. The van der Waals surface area contributed by atoms with Gasteiger partial charge < -0.3 is 15.0 Å². The van der Waals surface area contributed by atoms with Crippen molar-refractivity contribution in [3.63, 3.8) is 0 Å². The lowest BCUT2D eigenvalue weighted by molar-refractivity contribution is 0.0192. The van der Waals surface area contributed by atoms with Crippen LogP contribution in [-0.4, -0.2) is 41.8 Å². The topological polar surface area (TPSA) is 41.6 Å². The quantitative estimate of drug-likeness (QED) is 0.779. The fourth-order valence-electron chi connectivity index (χ4n) is 2.25. The largest absolute Gasteiger partial charge is 0.444 e. The van der Waals surface area contributed by atoms with Crippen molar-refractivity contribution in [2.45, 2.75) is 78.5 Å². The lowest BCUT2D eigenvalue weighted by atomic mass is 10.1. The second-order valence-electron chi connectivity index (χ2n) is 7.30. The smallest absolute Gasteiger partial charge is 0.410 e. The molecule has 1 amide bonds. The van der Waals surface area contributed by atoms with Gasteiger partial charge in [-0.05, 0) is 53.9 Å². The summed E-state index contributed by atoms with van der Waals surface area (Å²) in [5, 5.41) is 3.51. The molecule has 4 nitrogen and oxygen atoms in total. The molecule has 0 aromatic heterocycles. The van der Waals surface area contributed by atoms with Crippen molar-refractivity contribution in [3.05, 3.63) is 0 Å². The monoisotopic (exact) mass is 284 g/mol. The highest BCUT2D eigenvalue weighted by atomic mass is 16.6. The van der Waals surface area contributed by atoms with Crippen molar-refractivity contribution >= 4 is 6.09 Å². The number of carbonyl (C=O) groups is 1. The van der Waals surface area contributed by atoms with Crippen LogP contribution in [0.1, 0.15) is 60.8 Å². The Morgan fingerprint density at radius 1 is 1.30 bits per heavy atom. The van der Waals surface area contributed by atoms with Crippen LogP contribution >= 0.6 is 0 Å². The van der Waals surface area contributed by atoms with Crippen LogP contribution in [0, 0.1) is 5.92 Å². The number of nitrogens with zero attached hydrogens (tertiary/aromatic N) is 1. The first-order chi connectivity index (χ1) is 9.19. The van der Waals surface area contributed by atoms with E-state index >= 15 is 0 Å².